The van der Waals surface area contributed by atoms with Crippen LogP contribution in [0.2, 0.25) is 0 Å². The molecule has 3 rings (SSSR count). The summed E-state index contributed by atoms with van der Waals surface area (Å²) in [5.74, 6) is -0.605. The van der Waals surface area contributed by atoms with Crippen LogP contribution in [0.4, 0.5) is 5.69 Å². The van der Waals surface area contributed by atoms with Crippen LogP contribution in [0, 0.1) is 13.8 Å². The largest absolute Gasteiger partial charge is 0.504 e. The maximum Gasteiger partial charge on any atom is 0.254 e. The minimum Gasteiger partial charge on any atom is -0.504 e. The summed E-state index contributed by atoms with van der Waals surface area (Å²) in [7, 11) is 0. The summed E-state index contributed by atoms with van der Waals surface area (Å²) in [6, 6.07) is 10.5. The molecule has 0 saturated carbocycles. The maximum atomic E-state index is 12.5. The molecule has 2 aromatic rings. The molecule has 0 atom stereocenters. The van der Waals surface area contributed by atoms with Crippen LogP contribution in [0.3, 0.4) is 0 Å². The quantitative estimate of drug-likeness (QED) is 0.833. The standard InChI is InChI=1S/C19H22N2O3/c1-13-4-3-5-16(14(13)2)20-8-10-21(11-9-20)19(24)15-6-7-17(22)18(23)12-15/h3-7,12,22-23H,8-11H2,1-2H3. The monoisotopic (exact) mass is 326 g/mol. The van der Waals surface area contributed by atoms with Crippen LogP contribution in [0.15, 0.2) is 36.4 Å². The molecular weight excluding hydrogens is 304 g/mol. The number of anilines is 1. The topological polar surface area (TPSA) is 64.0 Å². The Morgan fingerprint density at radius 1 is 0.958 bits per heavy atom. The molecule has 0 unspecified atom stereocenters. The minimum atomic E-state index is -0.269. The predicted octanol–water partition coefficient (Wildman–Crippen LogP) is 2.68. The Morgan fingerprint density at radius 2 is 1.67 bits per heavy atom. The molecule has 1 amide bonds. The summed E-state index contributed by atoms with van der Waals surface area (Å²) >= 11 is 0. The fourth-order valence-electron chi connectivity index (χ4n) is 3.07. The Morgan fingerprint density at radius 3 is 2.33 bits per heavy atom. The van der Waals surface area contributed by atoms with Gasteiger partial charge in [-0.1, -0.05) is 12.1 Å². The van der Waals surface area contributed by atoms with Crippen LogP contribution < -0.4 is 4.90 Å². The first-order valence-electron chi connectivity index (χ1n) is 8.10. The molecule has 0 aliphatic carbocycles. The van der Waals surface area contributed by atoms with Crippen LogP contribution in [-0.4, -0.2) is 47.2 Å². The van der Waals surface area contributed by atoms with Gasteiger partial charge in [0.1, 0.15) is 0 Å². The zero-order valence-electron chi connectivity index (χ0n) is 14.0. The van der Waals surface area contributed by atoms with Gasteiger partial charge in [-0.3, -0.25) is 4.79 Å². The lowest BCUT2D eigenvalue weighted by molar-refractivity contribution is 0.0746. The second kappa shape index (κ2) is 6.43. The second-order valence-electron chi connectivity index (χ2n) is 6.20. The molecule has 1 fully saturated rings. The molecule has 1 heterocycles. The van der Waals surface area contributed by atoms with Crippen molar-refractivity contribution in [2.75, 3.05) is 31.1 Å². The van der Waals surface area contributed by atoms with Crippen LogP contribution in [0.25, 0.3) is 0 Å². The average Bonchev–Trinajstić information content (AvgIpc) is 2.59. The van der Waals surface area contributed by atoms with Crippen molar-refractivity contribution < 1.29 is 15.0 Å². The van der Waals surface area contributed by atoms with E-state index in [-0.39, 0.29) is 17.4 Å². The van der Waals surface area contributed by atoms with E-state index in [1.165, 1.54) is 35.0 Å². The average molecular weight is 326 g/mol. The van der Waals surface area contributed by atoms with Gasteiger partial charge in [0.25, 0.3) is 5.91 Å². The van der Waals surface area contributed by atoms with E-state index in [1.54, 1.807) is 4.90 Å². The summed E-state index contributed by atoms with van der Waals surface area (Å²) in [4.78, 5) is 16.6. The van der Waals surface area contributed by atoms with Gasteiger partial charge in [-0.25, -0.2) is 0 Å². The lowest BCUT2D eigenvalue weighted by Gasteiger charge is -2.37. The first kappa shape index (κ1) is 16.2. The number of aryl methyl sites for hydroxylation is 1. The number of carbonyl (C=O) groups is 1. The molecule has 5 heteroatoms. The summed E-state index contributed by atoms with van der Waals surface area (Å²) < 4.78 is 0. The van der Waals surface area contributed by atoms with Gasteiger partial charge in [0.2, 0.25) is 0 Å². The predicted molar refractivity (Wildman–Crippen MR) is 93.8 cm³/mol. The van der Waals surface area contributed by atoms with E-state index in [1.807, 2.05) is 0 Å². The Bertz CT molecular complexity index is 765. The van der Waals surface area contributed by atoms with Crippen molar-refractivity contribution >= 4 is 11.6 Å². The zero-order chi connectivity index (χ0) is 17.3. The van der Waals surface area contributed by atoms with E-state index in [2.05, 4.69) is 36.9 Å². The van der Waals surface area contributed by atoms with Crippen molar-refractivity contribution in [3.05, 3.63) is 53.1 Å². The molecule has 0 bridgehead atoms. The number of nitrogens with zero attached hydrogens (tertiary/aromatic N) is 2. The maximum absolute atomic E-state index is 12.5. The summed E-state index contributed by atoms with van der Waals surface area (Å²) in [6.07, 6.45) is 0. The number of phenols is 2. The molecule has 24 heavy (non-hydrogen) atoms. The van der Waals surface area contributed by atoms with E-state index >= 15 is 0 Å². The lowest BCUT2D eigenvalue weighted by atomic mass is 10.1. The molecule has 2 aromatic carbocycles. The molecular formula is C19H22N2O3. The molecule has 0 aromatic heterocycles. The van der Waals surface area contributed by atoms with Crippen LogP contribution in [0.1, 0.15) is 21.5 Å². The number of aromatic hydroxyl groups is 2. The highest BCUT2D eigenvalue weighted by Crippen LogP contribution is 2.27. The third-order valence-electron chi connectivity index (χ3n) is 4.71. The van der Waals surface area contributed by atoms with Gasteiger partial charge in [0.05, 0.1) is 0 Å². The molecule has 1 aliphatic heterocycles. The number of benzene rings is 2. The summed E-state index contributed by atoms with van der Waals surface area (Å²) in [5.41, 5.74) is 4.17. The van der Waals surface area contributed by atoms with Gasteiger partial charge in [0, 0.05) is 37.4 Å². The SMILES string of the molecule is Cc1cccc(N2CCN(C(=O)c3ccc(O)c(O)c3)CC2)c1C. The van der Waals surface area contributed by atoms with Crippen molar-refractivity contribution in [1.82, 2.24) is 4.90 Å². The third kappa shape index (κ3) is 3.02. The van der Waals surface area contributed by atoms with Gasteiger partial charge in [-0.05, 0) is 49.2 Å². The number of hydrogen-bond donors (Lipinski definition) is 2. The van der Waals surface area contributed by atoms with Gasteiger partial charge in [0.15, 0.2) is 11.5 Å². The summed E-state index contributed by atoms with van der Waals surface area (Å²) in [6.45, 7) is 7.05. The minimum absolute atomic E-state index is 0.120. The number of piperazine rings is 1. The van der Waals surface area contributed by atoms with Crippen LogP contribution >= 0.6 is 0 Å². The highest BCUT2D eigenvalue weighted by molar-refractivity contribution is 5.95. The van der Waals surface area contributed by atoms with Gasteiger partial charge in [-0.15, -0.1) is 0 Å². The lowest BCUT2D eigenvalue weighted by Crippen LogP contribution is -2.49. The Kier molecular flexibility index (Phi) is 4.34. The molecule has 0 radical (unpaired) electrons. The fraction of sp³-hybridized carbons (Fsp3) is 0.316. The molecule has 2 N–H and O–H groups in total. The number of amides is 1. The van der Waals surface area contributed by atoms with E-state index in [4.69, 9.17) is 0 Å². The molecule has 5 nitrogen and oxygen atoms in total. The highest BCUT2D eigenvalue weighted by Gasteiger charge is 2.23. The Labute approximate surface area is 141 Å². The number of rotatable bonds is 2. The second-order valence-corrected chi connectivity index (χ2v) is 6.20. The van der Waals surface area contributed by atoms with Crippen molar-refractivity contribution in [3.63, 3.8) is 0 Å². The Balaban J connectivity index is 1.69. The number of hydrogen-bond acceptors (Lipinski definition) is 4. The molecule has 126 valence electrons. The molecule has 1 aliphatic rings. The van der Waals surface area contributed by atoms with E-state index in [0.29, 0.717) is 18.7 Å². The van der Waals surface area contributed by atoms with E-state index in [0.717, 1.165) is 13.1 Å². The first-order chi connectivity index (χ1) is 11.5. The van der Waals surface area contributed by atoms with E-state index in [9.17, 15) is 15.0 Å². The third-order valence-corrected chi connectivity index (χ3v) is 4.71. The van der Waals surface area contributed by atoms with E-state index < -0.39 is 0 Å². The van der Waals surface area contributed by atoms with Gasteiger partial charge in [-0.2, -0.15) is 0 Å². The van der Waals surface area contributed by atoms with Crippen molar-refractivity contribution in [2.45, 2.75) is 13.8 Å². The highest BCUT2D eigenvalue weighted by atomic mass is 16.3. The van der Waals surface area contributed by atoms with Crippen molar-refractivity contribution in [3.8, 4) is 11.5 Å². The normalized spacial score (nSPS) is 14.8. The molecule has 1 saturated heterocycles. The Hall–Kier alpha value is -2.69. The van der Waals surface area contributed by atoms with Crippen molar-refractivity contribution in [2.24, 2.45) is 0 Å². The van der Waals surface area contributed by atoms with Crippen molar-refractivity contribution in [1.29, 1.82) is 0 Å². The van der Waals surface area contributed by atoms with Gasteiger partial charge < -0.3 is 20.0 Å². The fourth-order valence-corrected chi connectivity index (χ4v) is 3.07. The number of carbonyl (C=O) groups excluding carboxylic acids is 1. The van der Waals surface area contributed by atoms with Gasteiger partial charge >= 0.3 is 0 Å². The first-order valence-corrected chi connectivity index (χ1v) is 8.10. The zero-order valence-corrected chi connectivity index (χ0v) is 14.0. The molecule has 0 spiro atoms. The number of phenolic OH excluding ortho intramolecular Hbond substituents is 2. The smallest absolute Gasteiger partial charge is 0.254 e. The van der Waals surface area contributed by atoms with Crippen LogP contribution in [0.5, 0.6) is 11.5 Å². The summed E-state index contributed by atoms with van der Waals surface area (Å²) in [5, 5.41) is 18.9. The van der Waals surface area contributed by atoms with Crippen LogP contribution in [-0.2, 0) is 0 Å².